The fraction of sp³-hybridized carbons (Fsp3) is 0.556. The van der Waals surface area contributed by atoms with Crippen LogP contribution in [0.2, 0.25) is 5.02 Å². The molecule has 0 saturated carbocycles. The number of nitrogens with zero attached hydrogens (tertiary/aromatic N) is 2. The molecule has 1 saturated heterocycles. The summed E-state index contributed by atoms with van der Waals surface area (Å²) in [4.78, 5) is 7.93. The van der Waals surface area contributed by atoms with Crippen LogP contribution in [0.25, 0.3) is 0 Å². The molecular weight excluding hydrogens is 200 g/mol. The minimum atomic E-state index is 0.427. The van der Waals surface area contributed by atoms with E-state index >= 15 is 0 Å². The first-order valence-electron chi connectivity index (χ1n) is 4.79. The Morgan fingerprint density at radius 1 is 1.57 bits per heavy atom. The van der Waals surface area contributed by atoms with Crippen molar-refractivity contribution in [2.45, 2.75) is 18.9 Å². The predicted molar refractivity (Wildman–Crippen MR) is 56.6 cm³/mol. The molecule has 1 aliphatic rings. The van der Waals surface area contributed by atoms with Crippen molar-refractivity contribution in [2.75, 3.05) is 18.4 Å². The summed E-state index contributed by atoms with van der Waals surface area (Å²) in [5.74, 6) is 0.732. The maximum absolute atomic E-state index is 5.94. The summed E-state index contributed by atoms with van der Waals surface area (Å²) in [5.41, 5.74) is 0. The molecule has 0 aliphatic carbocycles. The number of halogens is 1. The zero-order chi connectivity index (χ0) is 9.80. The highest BCUT2D eigenvalue weighted by molar-refractivity contribution is 6.32. The van der Waals surface area contributed by atoms with Gasteiger partial charge in [0, 0.05) is 12.6 Å². The molecule has 0 spiro atoms. The molecule has 0 radical (unpaired) electrons. The normalized spacial score (nSPS) is 21.9. The first-order valence-corrected chi connectivity index (χ1v) is 5.17. The van der Waals surface area contributed by atoms with E-state index in [0.717, 1.165) is 25.3 Å². The fourth-order valence-electron chi connectivity index (χ4n) is 1.59. The minimum Gasteiger partial charge on any atom is -0.365 e. The smallest absolute Gasteiger partial charge is 0.148 e. The average Bonchev–Trinajstić information content (AvgIpc) is 2.23. The van der Waals surface area contributed by atoms with Crippen molar-refractivity contribution < 1.29 is 0 Å². The summed E-state index contributed by atoms with van der Waals surface area (Å²) in [6.07, 6.45) is 5.46. The van der Waals surface area contributed by atoms with Gasteiger partial charge in [-0.3, -0.25) is 0 Å². The highest BCUT2D eigenvalue weighted by Gasteiger charge is 2.13. The van der Waals surface area contributed by atoms with Gasteiger partial charge in [0.2, 0.25) is 0 Å². The number of piperidine rings is 1. The van der Waals surface area contributed by atoms with Crippen LogP contribution in [-0.4, -0.2) is 29.1 Å². The molecule has 1 aromatic rings. The molecule has 4 nitrogen and oxygen atoms in total. The monoisotopic (exact) mass is 212 g/mol. The van der Waals surface area contributed by atoms with Crippen LogP contribution in [0.4, 0.5) is 5.82 Å². The lowest BCUT2D eigenvalue weighted by Crippen LogP contribution is -2.38. The molecule has 0 aromatic carbocycles. The van der Waals surface area contributed by atoms with Crippen LogP contribution in [0, 0.1) is 0 Å². The Kier molecular flexibility index (Phi) is 3.16. The third kappa shape index (κ3) is 2.33. The van der Waals surface area contributed by atoms with E-state index in [1.54, 1.807) is 6.20 Å². The maximum atomic E-state index is 5.94. The Hall–Kier alpha value is -0.870. The van der Waals surface area contributed by atoms with Gasteiger partial charge >= 0.3 is 0 Å². The van der Waals surface area contributed by atoms with Gasteiger partial charge in [-0.2, -0.15) is 0 Å². The van der Waals surface area contributed by atoms with Gasteiger partial charge in [0.05, 0.1) is 6.20 Å². The molecule has 0 bridgehead atoms. The van der Waals surface area contributed by atoms with Gasteiger partial charge in [-0.1, -0.05) is 11.6 Å². The van der Waals surface area contributed by atoms with Crippen LogP contribution in [0.5, 0.6) is 0 Å². The number of nitrogens with one attached hydrogen (secondary N) is 2. The van der Waals surface area contributed by atoms with E-state index in [-0.39, 0.29) is 0 Å². The lowest BCUT2D eigenvalue weighted by atomic mass is 10.1. The van der Waals surface area contributed by atoms with Crippen LogP contribution in [0.3, 0.4) is 0 Å². The van der Waals surface area contributed by atoms with E-state index in [9.17, 15) is 0 Å². The molecular formula is C9H13ClN4. The van der Waals surface area contributed by atoms with Gasteiger partial charge in [0.1, 0.15) is 17.2 Å². The zero-order valence-corrected chi connectivity index (χ0v) is 8.59. The highest BCUT2D eigenvalue weighted by Crippen LogP contribution is 2.18. The predicted octanol–water partition coefficient (Wildman–Crippen LogP) is 1.29. The van der Waals surface area contributed by atoms with Crippen molar-refractivity contribution in [3.63, 3.8) is 0 Å². The van der Waals surface area contributed by atoms with Crippen LogP contribution in [-0.2, 0) is 0 Å². The van der Waals surface area contributed by atoms with Crippen molar-refractivity contribution in [1.29, 1.82) is 0 Å². The van der Waals surface area contributed by atoms with Gasteiger partial charge in [0.15, 0.2) is 0 Å². The zero-order valence-electron chi connectivity index (χ0n) is 7.83. The second kappa shape index (κ2) is 4.57. The Morgan fingerprint density at radius 3 is 3.21 bits per heavy atom. The Bertz CT molecular complexity index is 299. The lowest BCUT2D eigenvalue weighted by Gasteiger charge is -2.24. The second-order valence-corrected chi connectivity index (χ2v) is 3.81. The average molecular weight is 213 g/mol. The quantitative estimate of drug-likeness (QED) is 0.776. The lowest BCUT2D eigenvalue weighted by molar-refractivity contribution is 0.479. The van der Waals surface area contributed by atoms with E-state index in [0.29, 0.717) is 11.1 Å². The Morgan fingerprint density at radius 2 is 2.50 bits per heavy atom. The van der Waals surface area contributed by atoms with Crippen LogP contribution >= 0.6 is 11.6 Å². The molecule has 0 amide bonds. The second-order valence-electron chi connectivity index (χ2n) is 3.41. The van der Waals surface area contributed by atoms with Gasteiger partial charge in [-0.15, -0.1) is 0 Å². The van der Waals surface area contributed by atoms with Crippen molar-refractivity contribution in [1.82, 2.24) is 15.3 Å². The largest absolute Gasteiger partial charge is 0.365 e. The number of hydrogen-bond acceptors (Lipinski definition) is 4. The topological polar surface area (TPSA) is 49.8 Å². The van der Waals surface area contributed by atoms with E-state index < -0.39 is 0 Å². The third-order valence-corrected chi connectivity index (χ3v) is 2.58. The minimum absolute atomic E-state index is 0.427. The van der Waals surface area contributed by atoms with Gasteiger partial charge in [-0.05, 0) is 19.4 Å². The van der Waals surface area contributed by atoms with Gasteiger partial charge < -0.3 is 10.6 Å². The van der Waals surface area contributed by atoms with Crippen molar-refractivity contribution in [2.24, 2.45) is 0 Å². The number of anilines is 1. The van der Waals surface area contributed by atoms with E-state index in [4.69, 9.17) is 11.6 Å². The van der Waals surface area contributed by atoms with Crippen LogP contribution in [0.1, 0.15) is 12.8 Å². The Balaban J connectivity index is 1.99. The van der Waals surface area contributed by atoms with E-state index in [1.165, 1.54) is 12.7 Å². The standard InChI is InChI=1S/C9H13ClN4/c10-8-5-12-6-13-9(8)14-7-2-1-3-11-4-7/h5-7,11H,1-4H2,(H,12,13,14). The van der Waals surface area contributed by atoms with E-state index in [2.05, 4.69) is 20.6 Å². The summed E-state index contributed by atoms with van der Waals surface area (Å²) in [6.45, 7) is 2.08. The summed E-state index contributed by atoms with van der Waals surface area (Å²) >= 11 is 5.94. The fourth-order valence-corrected chi connectivity index (χ4v) is 1.75. The number of rotatable bonds is 2. The molecule has 1 fully saturated rings. The van der Waals surface area contributed by atoms with E-state index in [1.807, 2.05) is 0 Å². The summed E-state index contributed by atoms with van der Waals surface area (Å²) < 4.78 is 0. The van der Waals surface area contributed by atoms with Crippen molar-refractivity contribution >= 4 is 17.4 Å². The molecule has 2 rings (SSSR count). The van der Waals surface area contributed by atoms with Crippen molar-refractivity contribution in [3.05, 3.63) is 17.5 Å². The molecule has 1 atom stereocenters. The highest BCUT2D eigenvalue weighted by atomic mass is 35.5. The number of hydrogen-bond donors (Lipinski definition) is 2. The number of aromatic nitrogens is 2. The first kappa shape index (κ1) is 9.68. The molecule has 2 heterocycles. The summed E-state index contributed by atoms with van der Waals surface area (Å²) in [6, 6.07) is 0.427. The summed E-state index contributed by atoms with van der Waals surface area (Å²) in [7, 11) is 0. The van der Waals surface area contributed by atoms with Crippen LogP contribution < -0.4 is 10.6 Å². The van der Waals surface area contributed by atoms with Crippen molar-refractivity contribution in [3.8, 4) is 0 Å². The molecule has 76 valence electrons. The molecule has 2 N–H and O–H groups in total. The molecule has 1 aliphatic heterocycles. The first-order chi connectivity index (χ1) is 6.86. The molecule has 1 unspecified atom stereocenters. The SMILES string of the molecule is Clc1cncnc1NC1CCCNC1. The Labute approximate surface area is 88.1 Å². The molecule has 1 aromatic heterocycles. The third-order valence-electron chi connectivity index (χ3n) is 2.31. The summed E-state index contributed by atoms with van der Waals surface area (Å²) in [5, 5.41) is 7.21. The molecule has 5 heteroatoms. The maximum Gasteiger partial charge on any atom is 0.148 e. The van der Waals surface area contributed by atoms with Gasteiger partial charge in [-0.25, -0.2) is 9.97 Å². The van der Waals surface area contributed by atoms with Gasteiger partial charge in [0.25, 0.3) is 0 Å². The van der Waals surface area contributed by atoms with Crippen LogP contribution in [0.15, 0.2) is 12.5 Å². The molecule has 14 heavy (non-hydrogen) atoms.